The predicted octanol–water partition coefficient (Wildman–Crippen LogP) is 3.63. The van der Waals surface area contributed by atoms with Gasteiger partial charge in [0.25, 0.3) is 0 Å². The largest absolute Gasteiger partial charge is 0.399 e. The molecule has 0 amide bonds. The summed E-state index contributed by atoms with van der Waals surface area (Å²) >= 11 is 0. The van der Waals surface area contributed by atoms with E-state index >= 15 is 0 Å². The Morgan fingerprint density at radius 2 is 1.86 bits per heavy atom. The number of aromatic nitrogens is 2. The number of nitrogens with zero attached hydrogens (tertiary/aromatic N) is 2. The molecule has 4 heteroatoms. The Morgan fingerprint density at radius 1 is 1.10 bits per heavy atom. The summed E-state index contributed by atoms with van der Waals surface area (Å²) in [6.07, 6.45) is 3.80. The van der Waals surface area contributed by atoms with E-state index in [0.29, 0.717) is 6.54 Å². The lowest BCUT2D eigenvalue weighted by Gasteiger charge is -2.06. The Balaban J connectivity index is 1.83. The minimum Gasteiger partial charge on any atom is -0.399 e. The van der Waals surface area contributed by atoms with Crippen LogP contribution in [0.25, 0.3) is 11.1 Å². The predicted molar refractivity (Wildman–Crippen MR) is 82.3 cm³/mol. The number of nitrogens with two attached hydrogens (primary N) is 1. The molecule has 0 aliphatic heterocycles. The molecule has 1 aromatic heterocycles. The minimum atomic E-state index is -0.209. The van der Waals surface area contributed by atoms with Crippen LogP contribution in [0.2, 0.25) is 0 Å². The van der Waals surface area contributed by atoms with E-state index in [-0.39, 0.29) is 5.82 Å². The van der Waals surface area contributed by atoms with E-state index in [1.54, 1.807) is 12.1 Å². The number of rotatable bonds is 3. The summed E-state index contributed by atoms with van der Waals surface area (Å²) in [4.78, 5) is 0. The fourth-order valence-corrected chi connectivity index (χ4v) is 2.29. The Bertz CT molecular complexity index is 760. The van der Waals surface area contributed by atoms with E-state index in [9.17, 15) is 4.39 Å². The number of anilines is 1. The molecule has 3 aromatic rings. The fourth-order valence-electron chi connectivity index (χ4n) is 2.29. The van der Waals surface area contributed by atoms with Gasteiger partial charge < -0.3 is 5.73 Å². The van der Waals surface area contributed by atoms with Gasteiger partial charge in [-0.3, -0.25) is 4.68 Å². The van der Waals surface area contributed by atoms with E-state index in [1.807, 2.05) is 48.3 Å². The standard InChI is InChI=1S/C17H16FN3/c1-12-8-16(18)5-2-14(12)10-21-11-15(9-20-21)13-3-6-17(19)7-4-13/h2-9,11H,10,19H2,1H3. The minimum absolute atomic E-state index is 0.209. The van der Waals surface area contributed by atoms with Crippen molar-refractivity contribution >= 4 is 5.69 Å². The molecule has 0 saturated carbocycles. The number of nitrogen functional groups attached to an aromatic ring is 1. The SMILES string of the molecule is Cc1cc(F)ccc1Cn1cc(-c2ccc(N)cc2)cn1. The maximum Gasteiger partial charge on any atom is 0.123 e. The van der Waals surface area contributed by atoms with Crippen LogP contribution in [0.15, 0.2) is 54.9 Å². The van der Waals surface area contributed by atoms with E-state index in [4.69, 9.17) is 5.73 Å². The van der Waals surface area contributed by atoms with Gasteiger partial charge in [0.2, 0.25) is 0 Å². The molecule has 0 aliphatic carbocycles. The molecule has 3 rings (SSSR count). The summed E-state index contributed by atoms with van der Waals surface area (Å²) < 4.78 is 15.0. The van der Waals surface area contributed by atoms with Crippen molar-refractivity contribution in [2.24, 2.45) is 0 Å². The van der Waals surface area contributed by atoms with Crippen LogP contribution in [-0.4, -0.2) is 9.78 Å². The zero-order chi connectivity index (χ0) is 14.8. The Kier molecular flexibility index (Phi) is 3.44. The van der Waals surface area contributed by atoms with Gasteiger partial charge in [-0.1, -0.05) is 18.2 Å². The summed E-state index contributed by atoms with van der Waals surface area (Å²) in [5.74, 6) is -0.209. The van der Waals surface area contributed by atoms with Gasteiger partial charge in [0.15, 0.2) is 0 Å². The molecule has 0 radical (unpaired) electrons. The second-order valence-corrected chi connectivity index (χ2v) is 5.12. The quantitative estimate of drug-likeness (QED) is 0.745. The van der Waals surface area contributed by atoms with Crippen molar-refractivity contribution in [2.75, 3.05) is 5.73 Å². The first-order valence-electron chi connectivity index (χ1n) is 6.75. The van der Waals surface area contributed by atoms with Gasteiger partial charge in [-0.15, -0.1) is 0 Å². The third-order valence-electron chi connectivity index (χ3n) is 3.51. The highest BCUT2D eigenvalue weighted by molar-refractivity contribution is 5.64. The third kappa shape index (κ3) is 2.94. The molecule has 0 atom stereocenters. The van der Waals surface area contributed by atoms with Crippen molar-refractivity contribution in [2.45, 2.75) is 13.5 Å². The van der Waals surface area contributed by atoms with Crippen molar-refractivity contribution in [1.82, 2.24) is 9.78 Å². The maximum absolute atomic E-state index is 13.1. The van der Waals surface area contributed by atoms with Crippen molar-refractivity contribution < 1.29 is 4.39 Å². The summed E-state index contributed by atoms with van der Waals surface area (Å²) in [6, 6.07) is 12.5. The molecular weight excluding hydrogens is 265 g/mol. The summed E-state index contributed by atoms with van der Waals surface area (Å²) in [5.41, 5.74) is 10.5. The summed E-state index contributed by atoms with van der Waals surface area (Å²) in [6.45, 7) is 2.53. The molecule has 2 N–H and O–H groups in total. The molecule has 0 fully saturated rings. The van der Waals surface area contributed by atoms with Crippen molar-refractivity contribution in [3.8, 4) is 11.1 Å². The number of hydrogen-bond acceptors (Lipinski definition) is 2. The monoisotopic (exact) mass is 281 g/mol. The van der Waals surface area contributed by atoms with Crippen molar-refractivity contribution in [3.63, 3.8) is 0 Å². The van der Waals surface area contributed by atoms with Gasteiger partial charge in [-0.2, -0.15) is 5.10 Å². The molecule has 0 aliphatic rings. The van der Waals surface area contributed by atoms with Crippen LogP contribution in [0.1, 0.15) is 11.1 Å². The molecule has 0 spiro atoms. The first-order chi connectivity index (χ1) is 10.1. The Hall–Kier alpha value is -2.62. The lowest BCUT2D eigenvalue weighted by Crippen LogP contribution is -2.02. The molecule has 1 heterocycles. The average molecular weight is 281 g/mol. The number of benzene rings is 2. The summed E-state index contributed by atoms with van der Waals surface area (Å²) in [5, 5.41) is 4.37. The Labute approximate surface area is 122 Å². The molecule has 0 saturated heterocycles. The third-order valence-corrected chi connectivity index (χ3v) is 3.51. The van der Waals surface area contributed by atoms with Crippen LogP contribution in [-0.2, 0) is 6.54 Å². The highest BCUT2D eigenvalue weighted by atomic mass is 19.1. The van der Waals surface area contributed by atoms with Crippen LogP contribution in [0.5, 0.6) is 0 Å². The molecule has 0 bridgehead atoms. The number of aryl methyl sites for hydroxylation is 1. The molecule has 21 heavy (non-hydrogen) atoms. The highest BCUT2D eigenvalue weighted by Gasteiger charge is 2.05. The molecule has 3 nitrogen and oxygen atoms in total. The number of halogens is 1. The summed E-state index contributed by atoms with van der Waals surface area (Å²) in [7, 11) is 0. The zero-order valence-electron chi connectivity index (χ0n) is 11.8. The van der Waals surface area contributed by atoms with Crippen LogP contribution in [0, 0.1) is 12.7 Å². The normalized spacial score (nSPS) is 10.8. The molecule has 106 valence electrons. The van der Waals surface area contributed by atoms with Gasteiger partial charge in [0.1, 0.15) is 5.82 Å². The van der Waals surface area contributed by atoms with Gasteiger partial charge >= 0.3 is 0 Å². The van der Waals surface area contributed by atoms with Crippen molar-refractivity contribution in [3.05, 3.63) is 71.8 Å². The van der Waals surface area contributed by atoms with Crippen LogP contribution in [0.3, 0.4) is 0 Å². The van der Waals surface area contributed by atoms with Gasteiger partial charge in [-0.05, 0) is 47.9 Å². The topological polar surface area (TPSA) is 43.8 Å². The molecule has 0 unspecified atom stereocenters. The number of hydrogen-bond donors (Lipinski definition) is 1. The maximum atomic E-state index is 13.1. The van der Waals surface area contributed by atoms with E-state index in [0.717, 1.165) is 27.9 Å². The van der Waals surface area contributed by atoms with Crippen LogP contribution >= 0.6 is 0 Å². The van der Waals surface area contributed by atoms with E-state index in [1.165, 1.54) is 6.07 Å². The van der Waals surface area contributed by atoms with Crippen molar-refractivity contribution in [1.29, 1.82) is 0 Å². The lowest BCUT2D eigenvalue weighted by molar-refractivity contribution is 0.622. The first kappa shape index (κ1) is 13.4. The highest BCUT2D eigenvalue weighted by Crippen LogP contribution is 2.20. The van der Waals surface area contributed by atoms with Gasteiger partial charge in [0, 0.05) is 17.4 Å². The fraction of sp³-hybridized carbons (Fsp3) is 0.118. The molecular formula is C17H16FN3. The van der Waals surface area contributed by atoms with Crippen LogP contribution in [0.4, 0.5) is 10.1 Å². The van der Waals surface area contributed by atoms with Crippen LogP contribution < -0.4 is 5.73 Å². The van der Waals surface area contributed by atoms with E-state index < -0.39 is 0 Å². The average Bonchev–Trinajstić information content (AvgIpc) is 2.91. The lowest BCUT2D eigenvalue weighted by atomic mass is 10.1. The zero-order valence-corrected chi connectivity index (χ0v) is 11.8. The van der Waals surface area contributed by atoms with Gasteiger partial charge in [0.05, 0.1) is 12.7 Å². The second-order valence-electron chi connectivity index (χ2n) is 5.12. The van der Waals surface area contributed by atoms with E-state index in [2.05, 4.69) is 5.10 Å². The Morgan fingerprint density at radius 3 is 2.57 bits per heavy atom. The van der Waals surface area contributed by atoms with Gasteiger partial charge in [-0.25, -0.2) is 4.39 Å². The smallest absolute Gasteiger partial charge is 0.123 e. The first-order valence-corrected chi connectivity index (χ1v) is 6.75. The second kappa shape index (κ2) is 5.40. The molecule has 2 aromatic carbocycles.